The molecule has 1 aromatic heterocycles. The molecule has 0 fully saturated rings. The zero-order chi connectivity index (χ0) is 17.5. The van der Waals surface area contributed by atoms with E-state index in [-0.39, 0.29) is 13.1 Å². The van der Waals surface area contributed by atoms with Crippen LogP contribution < -0.4 is 0 Å². The first-order valence-electron chi connectivity index (χ1n) is 6.89. The number of hydrogen-bond donors (Lipinski definition) is 1. The second kappa shape index (κ2) is 5.90. The maximum atomic E-state index is 13.0. The van der Waals surface area contributed by atoms with Crippen molar-refractivity contribution in [1.29, 1.82) is 0 Å². The number of rotatable bonds is 2. The number of fused-ring (bicyclic) bond motifs is 1. The van der Waals surface area contributed by atoms with Crippen molar-refractivity contribution in [2.24, 2.45) is 0 Å². The van der Waals surface area contributed by atoms with Crippen LogP contribution in [0.25, 0.3) is 0 Å². The highest BCUT2D eigenvalue weighted by atomic mass is 32.1. The summed E-state index contributed by atoms with van der Waals surface area (Å²) in [4.78, 5) is 27.5. The lowest BCUT2D eigenvalue weighted by molar-refractivity contribution is -0.139. The maximum absolute atomic E-state index is 13.0. The van der Waals surface area contributed by atoms with E-state index in [1.807, 2.05) is 0 Å². The van der Waals surface area contributed by atoms with Crippen LogP contribution in [0.4, 0.5) is 13.2 Å². The van der Waals surface area contributed by atoms with Crippen molar-refractivity contribution in [3.63, 3.8) is 0 Å². The molecule has 24 heavy (non-hydrogen) atoms. The van der Waals surface area contributed by atoms with Crippen molar-refractivity contribution in [3.8, 4) is 0 Å². The Morgan fingerprint density at radius 1 is 1.29 bits per heavy atom. The third-order valence-corrected chi connectivity index (χ3v) is 4.68. The molecule has 5 nitrogen and oxygen atoms in total. The minimum absolute atomic E-state index is 0.0492. The fourth-order valence-corrected chi connectivity index (χ4v) is 3.37. The molecule has 0 saturated heterocycles. The smallest absolute Gasteiger partial charge is 0.427 e. The molecule has 1 unspecified atom stereocenters. The van der Waals surface area contributed by atoms with Crippen LogP contribution in [0.3, 0.4) is 0 Å². The van der Waals surface area contributed by atoms with E-state index in [0.717, 1.165) is 10.4 Å². The molecule has 0 radical (unpaired) electrons. The summed E-state index contributed by atoms with van der Waals surface area (Å²) in [6.45, 7) is -0.145. The molecule has 9 heteroatoms. The summed E-state index contributed by atoms with van der Waals surface area (Å²) in [5, 5.41) is 9.37. The van der Waals surface area contributed by atoms with E-state index in [1.165, 1.54) is 0 Å². The summed E-state index contributed by atoms with van der Waals surface area (Å²) in [6.07, 6.45) is -4.67. The molecule has 2 heterocycles. The van der Waals surface area contributed by atoms with Crippen molar-refractivity contribution in [2.45, 2.75) is 18.6 Å². The van der Waals surface area contributed by atoms with Gasteiger partial charge in [-0.05, 0) is 11.1 Å². The van der Waals surface area contributed by atoms with Crippen LogP contribution in [0.15, 0.2) is 29.8 Å². The molecule has 1 aromatic carbocycles. The molecule has 1 atom stereocenters. The number of carboxylic acids is 1. The Morgan fingerprint density at radius 3 is 2.67 bits per heavy atom. The first-order chi connectivity index (χ1) is 11.3. The lowest BCUT2D eigenvalue weighted by Crippen LogP contribution is -2.41. The van der Waals surface area contributed by atoms with Gasteiger partial charge in [-0.3, -0.25) is 9.59 Å². The lowest BCUT2D eigenvalue weighted by Gasteiger charge is -2.32. The standard InChI is InChI=1S/C15H11F3N2O3S/c16-15(17,18)12-11(19-7-24-12)13(21)20-5-8-3-1-2-4-9(8)10(6-20)14(22)23/h1-4,7,10H,5-6H2,(H,22,23). The number of aliphatic carboxylic acids is 1. The minimum atomic E-state index is -4.67. The molecule has 0 spiro atoms. The Kier molecular flexibility index (Phi) is 4.04. The Morgan fingerprint density at radius 2 is 2.00 bits per heavy atom. The van der Waals surface area contributed by atoms with Gasteiger partial charge in [0.25, 0.3) is 5.91 Å². The molecular formula is C15H11F3N2O3S. The quantitative estimate of drug-likeness (QED) is 0.898. The average molecular weight is 356 g/mol. The monoisotopic (exact) mass is 356 g/mol. The normalized spacial score (nSPS) is 17.5. The SMILES string of the molecule is O=C(O)C1CN(C(=O)c2ncsc2C(F)(F)F)Cc2ccccc21. The maximum Gasteiger partial charge on any atom is 0.427 e. The molecular weight excluding hydrogens is 345 g/mol. The van der Waals surface area contributed by atoms with Gasteiger partial charge < -0.3 is 10.0 Å². The summed E-state index contributed by atoms with van der Waals surface area (Å²) in [7, 11) is 0. The topological polar surface area (TPSA) is 70.5 Å². The zero-order valence-electron chi connectivity index (χ0n) is 12.1. The fourth-order valence-electron chi connectivity index (χ4n) is 2.72. The van der Waals surface area contributed by atoms with Gasteiger partial charge in [0, 0.05) is 13.1 Å². The van der Waals surface area contributed by atoms with Gasteiger partial charge in [0.2, 0.25) is 0 Å². The number of halogens is 3. The Bertz CT molecular complexity index is 803. The molecule has 1 aliphatic heterocycles. The van der Waals surface area contributed by atoms with E-state index in [4.69, 9.17) is 0 Å². The Labute approximate surface area is 138 Å². The number of hydrogen-bond acceptors (Lipinski definition) is 4. The minimum Gasteiger partial charge on any atom is -0.481 e. The number of carbonyl (C=O) groups excluding carboxylic acids is 1. The first kappa shape index (κ1) is 16.4. The zero-order valence-corrected chi connectivity index (χ0v) is 12.9. The second-order valence-corrected chi connectivity index (χ2v) is 6.16. The van der Waals surface area contributed by atoms with Crippen LogP contribution in [0.5, 0.6) is 0 Å². The summed E-state index contributed by atoms with van der Waals surface area (Å²) >= 11 is 0.342. The van der Waals surface area contributed by atoms with Gasteiger partial charge in [-0.2, -0.15) is 13.2 Å². The van der Waals surface area contributed by atoms with E-state index < -0.39 is 34.5 Å². The molecule has 1 N–H and O–H groups in total. The molecule has 3 rings (SSSR count). The predicted molar refractivity (Wildman–Crippen MR) is 78.7 cm³/mol. The van der Waals surface area contributed by atoms with Gasteiger partial charge in [0.1, 0.15) is 4.88 Å². The molecule has 2 aromatic rings. The van der Waals surface area contributed by atoms with Gasteiger partial charge in [-0.25, -0.2) is 4.98 Å². The number of amides is 1. The third-order valence-electron chi connectivity index (χ3n) is 3.81. The van der Waals surface area contributed by atoms with Crippen molar-refractivity contribution in [2.75, 3.05) is 6.54 Å². The van der Waals surface area contributed by atoms with Crippen LogP contribution in [-0.4, -0.2) is 33.4 Å². The van der Waals surface area contributed by atoms with E-state index in [9.17, 15) is 27.9 Å². The second-order valence-electron chi connectivity index (χ2n) is 5.30. The number of aromatic nitrogens is 1. The predicted octanol–water partition coefficient (Wildman–Crippen LogP) is 2.99. The number of carbonyl (C=O) groups is 2. The largest absolute Gasteiger partial charge is 0.481 e. The van der Waals surface area contributed by atoms with E-state index in [1.54, 1.807) is 24.3 Å². The summed E-state index contributed by atoms with van der Waals surface area (Å²) in [5.74, 6) is -3.02. The summed E-state index contributed by atoms with van der Waals surface area (Å²) < 4.78 is 38.9. The number of carboxylic acid groups (broad SMARTS) is 1. The van der Waals surface area contributed by atoms with Crippen LogP contribution >= 0.6 is 11.3 Å². The highest BCUT2D eigenvalue weighted by Crippen LogP contribution is 2.36. The van der Waals surface area contributed by atoms with Gasteiger partial charge in [0.05, 0.1) is 11.4 Å². The lowest BCUT2D eigenvalue weighted by atomic mass is 9.89. The average Bonchev–Trinajstić information content (AvgIpc) is 3.02. The molecule has 0 bridgehead atoms. The van der Waals surface area contributed by atoms with Crippen molar-refractivity contribution >= 4 is 23.2 Å². The number of alkyl halides is 3. The summed E-state index contributed by atoms with van der Waals surface area (Å²) in [6, 6.07) is 6.69. The number of benzene rings is 1. The van der Waals surface area contributed by atoms with E-state index in [0.29, 0.717) is 22.5 Å². The van der Waals surface area contributed by atoms with Crippen molar-refractivity contribution in [3.05, 3.63) is 51.5 Å². The molecule has 126 valence electrons. The van der Waals surface area contributed by atoms with Gasteiger partial charge in [-0.15, -0.1) is 11.3 Å². The van der Waals surface area contributed by atoms with Crippen LogP contribution in [0, 0.1) is 0 Å². The van der Waals surface area contributed by atoms with Crippen LogP contribution in [0.2, 0.25) is 0 Å². The summed E-state index contributed by atoms with van der Waals surface area (Å²) in [5.41, 5.74) is 1.45. The van der Waals surface area contributed by atoms with Gasteiger partial charge in [0.15, 0.2) is 5.69 Å². The molecule has 0 saturated carbocycles. The highest BCUT2D eigenvalue weighted by molar-refractivity contribution is 7.10. The molecule has 0 aliphatic carbocycles. The van der Waals surface area contributed by atoms with Gasteiger partial charge in [-0.1, -0.05) is 24.3 Å². The fraction of sp³-hybridized carbons (Fsp3) is 0.267. The van der Waals surface area contributed by atoms with E-state index >= 15 is 0 Å². The van der Waals surface area contributed by atoms with Crippen LogP contribution in [-0.2, 0) is 17.5 Å². The van der Waals surface area contributed by atoms with E-state index in [2.05, 4.69) is 4.98 Å². The highest BCUT2D eigenvalue weighted by Gasteiger charge is 2.40. The van der Waals surface area contributed by atoms with Crippen LogP contribution in [0.1, 0.15) is 32.4 Å². The van der Waals surface area contributed by atoms with Crippen molar-refractivity contribution in [1.82, 2.24) is 9.88 Å². The molecule has 1 amide bonds. The van der Waals surface area contributed by atoms with Crippen molar-refractivity contribution < 1.29 is 27.9 Å². The third kappa shape index (κ3) is 2.86. The van der Waals surface area contributed by atoms with Gasteiger partial charge >= 0.3 is 12.1 Å². The molecule has 1 aliphatic rings. The first-order valence-corrected chi connectivity index (χ1v) is 7.77. The number of nitrogens with zero attached hydrogens (tertiary/aromatic N) is 2. The Balaban J connectivity index is 1.96. The Hall–Kier alpha value is -2.42. The number of thiazole rings is 1.